The molecule has 0 unspecified atom stereocenters. The fourth-order valence-corrected chi connectivity index (χ4v) is 3.05. The summed E-state index contributed by atoms with van der Waals surface area (Å²) in [6.07, 6.45) is 3.00. The van der Waals surface area contributed by atoms with Gasteiger partial charge in [0, 0.05) is 10.5 Å². The highest BCUT2D eigenvalue weighted by atomic mass is 32.2. The standard InChI is InChI=1S/C16H14N2O5S/c1-10(19)11-4-2-6-13(8-11)24-7-3-5-12-9-18-16(17-12)22-14(20)15(21)23-18/h2,4,6,8-9H,3,5,7H2,1H3. The average molecular weight is 346 g/mol. The number of ketones is 1. The second-order valence-corrected chi connectivity index (χ2v) is 6.31. The minimum atomic E-state index is -1.07. The van der Waals surface area contributed by atoms with Gasteiger partial charge in [-0.25, -0.2) is 9.59 Å². The zero-order chi connectivity index (χ0) is 17.1. The molecule has 8 heteroatoms. The number of carbonyl (C=O) groups is 1. The van der Waals surface area contributed by atoms with Crippen LogP contribution in [-0.2, 0) is 6.42 Å². The van der Waals surface area contributed by atoms with Crippen LogP contribution in [-0.4, -0.2) is 21.1 Å². The molecule has 0 atom stereocenters. The van der Waals surface area contributed by atoms with Crippen molar-refractivity contribution in [3.8, 4) is 0 Å². The number of Topliss-reactive ketones (excluding diaryl/α,β-unsaturated/α-hetero) is 1. The van der Waals surface area contributed by atoms with Gasteiger partial charge in [-0.2, -0.15) is 4.98 Å². The molecule has 0 radical (unpaired) electrons. The Morgan fingerprint density at radius 1 is 1.29 bits per heavy atom. The van der Waals surface area contributed by atoms with E-state index in [4.69, 9.17) is 8.94 Å². The van der Waals surface area contributed by atoms with Crippen LogP contribution in [0.2, 0.25) is 0 Å². The van der Waals surface area contributed by atoms with Gasteiger partial charge in [0.25, 0.3) is 0 Å². The molecule has 0 bridgehead atoms. The number of rotatable bonds is 6. The molecule has 1 aromatic carbocycles. The maximum atomic E-state index is 11.4. The lowest BCUT2D eigenvalue weighted by Crippen LogP contribution is -2.22. The zero-order valence-corrected chi connectivity index (χ0v) is 13.7. The van der Waals surface area contributed by atoms with Gasteiger partial charge in [-0.05, 0) is 37.7 Å². The molecule has 7 nitrogen and oxygen atoms in total. The number of hydrogen-bond donors (Lipinski definition) is 0. The predicted octanol–water partition coefficient (Wildman–Crippen LogP) is 2.17. The zero-order valence-electron chi connectivity index (χ0n) is 12.9. The SMILES string of the molecule is CC(=O)c1cccc(SCCCc2cn3oc(=O)c(=O)oc3n2)c1. The van der Waals surface area contributed by atoms with Gasteiger partial charge in [0.2, 0.25) is 0 Å². The highest BCUT2D eigenvalue weighted by molar-refractivity contribution is 7.99. The molecule has 0 N–H and O–H groups in total. The number of aromatic nitrogens is 2. The molecule has 2 heterocycles. The molecule has 0 aliphatic carbocycles. The summed E-state index contributed by atoms with van der Waals surface area (Å²) in [5.74, 6) is 0.852. The number of carbonyl (C=O) groups excluding carboxylic acids is 1. The van der Waals surface area contributed by atoms with Crippen LogP contribution >= 0.6 is 11.8 Å². The Hall–Kier alpha value is -2.61. The van der Waals surface area contributed by atoms with E-state index >= 15 is 0 Å². The van der Waals surface area contributed by atoms with Crippen molar-refractivity contribution in [3.05, 3.63) is 62.6 Å². The highest BCUT2D eigenvalue weighted by Gasteiger charge is 2.09. The average Bonchev–Trinajstić information content (AvgIpc) is 2.94. The van der Waals surface area contributed by atoms with E-state index in [0.29, 0.717) is 17.7 Å². The molecular formula is C16H14N2O5S. The predicted molar refractivity (Wildman–Crippen MR) is 87.8 cm³/mol. The molecule has 3 rings (SSSR count). The third kappa shape index (κ3) is 3.65. The van der Waals surface area contributed by atoms with Gasteiger partial charge < -0.3 is 8.94 Å². The minimum Gasteiger partial charge on any atom is -0.381 e. The molecule has 0 aliphatic heterocycles. The molecule has 0 saturated carbocycles. The molecule has 0 spiro atoms. The van der Waals surface area contributed by atoms with Crippen LogP contribution in [0.3, 0.4) is 0 Å². The molecule has 2 aromatic heterocycles. The lowest BCUT2D eigenvalue weighted by atomic mass is 10.2. The Kier molecular flexibility index (Phi) is 4.66. The van der Waals surface area contributed by atoms with Crippen molar-refractivity contribution in [2.75, 3.05) is 5.75 Å². The molecule has 0 amide bonds. The summed E-state index contributed by atoms with van der Waals surface area (Å²) in [4.78, 5) is 38.7. The number of fused-ring (bicyclic) bond motifs is 1. The second-order valence-electron chi connectivity index (χ2n) is 5.14. The van der Waals surface area contributed by atoms with E-state index in [9.17, 15) is 14.4 Å². The Bertz CT molecular complexity index is 954. The van der Waals surface area contributed by atoms with E-state index in [0.717, 1.165) is 21.6 Å². The summed E-state index contributed by atoms with van der Waals surface area (Å²) in [6.45, 7) is 1.55. The first-order chi connectivity index (χ1) is 11.5. The number of hydrogen-bond acceptors (Lipinski definition) is 7. The van der Waals surface area contributed by atoms with E-state index < -0.39 is 11.3 Å². The van der Waals surface area contributed by atoms with E-state index in [1.807, 2.05) is 18.2 Å². The minimum absolute atomic E-state index is 0.0311. The number of imidazole rings is 1. The number of thioether (sulfide) groups is 1. The van der Waals surface area contributed by atoms with Gasteiger partial charge in [-0.15, -0.1) is 16.3 Å². The van der Waals surface area contributed by atoms with Crippen LogP contribution in [0.4, 0.5) is 0 Å². The molecular weight excluding hydrogens is 332 g/mol. The molecule has 24 heavy (non-hydrogen) atoms. The first-order valence-corrected chi connectivity index (χ1v) is 8.28. The molecule has 3 aromatic rings. The van der Waals surface area contributed by atoms with Crippen molar-refractivity contribution < 1.29 is 13.7 Å². The normalized spacial score (nSPS) is 11.0. The van der Waals surface area contributed by atoms with E-state index in [1.54, 1.807) is 24.8 Å². The molecule has 124 valence electrons. The van der Waals surface area contributed by atoms with Crippen LogP contribution in [0.5, 0.6) is 0 Å². The van der Waals surface area contributed by atoms with Gasteiger partial charge in [0.1, 0.15) is 0 Å². The summed E-state index contributed by atoms with van der Waals surface area (Å²) in [5.41, 5.74) is -0.760. The van der Waals surface area contributed by atoms with Crippen LogP contribution in [0.25, 0.3) is 5.84 Å². The first kappa shape index (κ1) is 16.3. The second kappa shape index (κ2) is 6.88. The Morgan fingerprint density at radius 3 is 2.92 bits per heavy atom. The fourth-order valence-electron chi connectivity index (χ4n) is 2.14. The molecule has 0 aliphatic rings. The maximum absolute atomic E-state index is 11.4. The lowest BCUT2D eigenvalue weighted by molar-refractivity contribution is 0.101. The van der Waals surface area contributed by atoms with Crippen molar-refractivity contribution in [1.29, 1.82) is 0 Å². The molecule has 0 saturated heterocycles. The van der Waals surface area contributed by atoms with E-state index in [2.05, 4.69) is 4.98 Å². The Labute approximate surface area is 140 Å². The summed E-state index contributed by atoms with van der Waals surface area (Å²) in [7, 11) is 0. The van der Waals surface area contributed by atoms with Crippen LogP contribution in [0.15, 0.2) is 53.9 Å². The van der Waals surface area contributed by atoms with Crippen molar-refractivity contribution >= 4 is 23.4 Å². The number of aryl methyl sites for hydroxylation is 1. The highest BCUT2D eigenvalue weighted by Crippen LogP contribution is 2.21. The van der Waals surface area contributed by atoms with Gasteiger partial charge in [-0.3, -0.25) is 4.79 Å². The number of benzene rings is 1. The summed E-state index contributed by atoms with van der Waals surface area (Å²) in [6, 6.07) is 7.50. The van der Waals surface area contributed by atoms with Crippen molar-refractivity contribution in [2.45, 2.75) is 24.7 Å². The topological polar surface area (TPSA) is 94.8 Å². The largest absolute Gasteiger partial charge is 0.442 e. The van der Waals surface area contributed by atoms with E-state index in [-0.39, 0.29) is 11.6 Å². The monoisotopic (exact) mass is 346 g/mol. The summed E-state index contributed by atoms with van der Waals surface area (Å²) < 4.78 is 10.5. The van der Waals surface area contributed by atoms with Crippen LogP contribution in [0.1, 0.15) is 29.4 Å². The van der Waals surface area contributed by atoms with Crippen LogP contribution < -0.4 is 11.3 Å². The third-order valence-corrected chi connectivity index (χ3v) is 4.39. The van der Waals surface area contributed by atoms with Gasteiger partial charge >= 0.3 is 17.1 Å². The lowest BCUT2D eigenvalue weighted by Gasteiger charge is -2.02. The van der Waals surface area contributed by atoms with E-state index in [1.165, 1.54) is 6.20 Å². The van der Waals surface area contributed by atoms with Gasteiger partial charge in [0.05, 0.1) is 11.9 Å². The Morgan fingerprint density at radius 2 is 2.12 bits per heavy atom. The summed E-state index contributed by atoms with van der Waals surface area (Å²) in [5, 5.41) is 0. The van der Waals surface area contributed by atoms with Gasteiger partial charge in [0.15, 0.2) is 5.78 Å². The van der Waals surface area contributed by atoms with Gasteiger partial charge in [-0.1, -0.05) is 12.1 Å². The smallest absolute Gasteiger partial charge is 0.381 e. The first-order valence-electron chi connectivity index (χ1n) is 7.29. The van der Waals surface area contributed by atoms with Crippen molar-refractivity contribution in [2.24, 2.45) is 0 Å². The fraction of sp³-hybridized carbons (Fsp3) is 0.250. The Balaban J connectivity index is 1.59. The summed E-state index contributed by atoms with van der Waals surface area (Å²) >= 11 is 1.65. The third-order valence-electron chi connectivity index (χ3n) is 3.31. The quantitative estimate of drug-likeness (QED) is 0.292. The van der Waals surface area contributed by atoms with Crippen LogP contribution in [0, 0.1) is 0 Å². The maximum Gasteiger partial charge on any atom is 0.442 e. The van der Waals surface area contributed by atoms with Crippen molar-refractivity contribution in [1.82, 2.24) is 9.56 Å². The van der Waals surface area contributed by atoms with Crippen molar-refractivity contribution in [3.63, 3.8) is 0 Å². The number of nitrogens with zero attached hydrogens (tertiary/aromatic N) is 2. The molecule has 0 fully saturated rings.